The van der Waals surface area contributed by atoms with Gasteiger partial charge in [-0.25, -0.2) is 0 Å². The van der Waals surface area contributed by atoms with Crippen molar-refractivity contribution in [3.63, 3.8) is 0 Å². The Morgan fingerprint density at radius 2 is 1.21 bits per heavy atom. The molecule has 0 saturated carbocycles. The number of benzene rings is 4. The average Bonchev–Trinajstić information content (AvgIpc) is 3.54. The molecular weight excluding hydrogens is 659 g/mol. The molecular formula is C39H43Cl2SiZr. The Bertz CT molecular complexity index is 1790. The molecule has 0 bridgehead atoms. The molecule has 0 spiro atoms. The Morgan fingerprint density at radius 1 is 0.651 bits per heavy atom. The third kappa shape index (κ3) is 4.87. The Hall–Kier alpha value is -1.96. The standard InChI is InChI=1S/C19H19.C18H17.C2H7Si.2ClH.Zr/c1-13(2)17-11-16-5-4-6-18(19(16)12-17)15-9-7-14(3)8-10-15;1-12-4-7-15(8-5-12)16-9-6-14(3)17-10-13(2)11-18(16)17;1-3-2;;;/h4-13H,1-3H3;4-11H,1-3H3;3H,1-2H3;2*1H;/q;;;;;+2/p-2. The van der Waals surface area contributed by atoms with Crippen LogP contribution in [0.5, 0.6) is 0 Å². The van der Waals surface area contributed by atoms with E-state index in [-0.39, 0.29) is 7.25 Å². The van der Waals surface area contributed by atoms with E-state index in [1.807, 2.05) is 0 Å². The maximum absolute atomic E-state index is 8.60. The van der Waals surface area contributed by atoms with Crippen molar-refractivity contribution in [3.05, 3.63) is 129 Å². The topological polar surface area (TPSA) is 0 Å². The molecule has 0 aromatic heterocycles. The molecule has 0 aliphatic heterocycles. The molecule has 2 aliphatic rings. The number of aryl methyl sites for hydroxylation is 3. The van der Waals surface area contributed by atoms with E-state index in [0.717, 1.165) is 0 Å². The van der Waals surface area contributed by atoms with Gasteiger partial charge in [-0.15, -0.1) is 0 Å². The van der Waals surface area contributed by atoms with E-state index in [1.165, 1.54) is 72.3 Å². The van der Waals surface area contributed by atoms with Crippen LogP contribution in [-0.4, -0.2) is 5.92 Å². The Labute approximate surface area is 267 Å². The molecule has 4 aromatic rings. The van der Waals surface area contributed by atoms with E-state index in [4.69, 9.17) is 17.0 Å². The molecule has 2 unspecified atom stereocenters. The first kappa shape index (κ1) is 31.0. The predicted octanol–water partition coefficient (Wildman–Crippen LogP) is 12.2. The molecule has 0 N–H and O–H groups in total. The van der Waals surface area contributed by atoms with Crippen LogP contribution in [0, 0.1) is 26.7 Å². The van der Waals surface area contributed by atoms with Gasteiger partial charge in [0.05, 0.1) is 0 Å². The zero-order valence-electron chi connectivity index (χ0n) is 26.7. The Kier molecular flexibility index (Phi) is 8.04. The summed E-state index contributed by atoms with van der Waals surface area (Å²) in [6.45, 7) is 18.4. The first-order valence-corrected chi connectivity index (χ1v) is 32.0. The summed E-state index contributed by atoms with van der Waals surface area (Å²) >= 11 is -4.79. The van der Waals surface area contributed by atoms with Gasteiger partial charge in [0.25, 0.3) is 0 Å². The van der Waals surface area contributed by atoms with E-state index in [1.54, 1.807) is 0 Å². The summed E-state index contributed by atoms with van der Waals surface area (Å²) < 4.78 is 0.191. The minimum atomic E-state index is -4.79. The normalized spacial score (nSPS) is 18.7. The van der Waals surface area contributed by atoms with Gasteiger partial charge in [-0.2, -0.15) is 0 Å². The van der Waals surface area contributed by atoms with Crippen molar-refractivity contribution in [2.24, 2.45) is 5.92 Å². The Morgan fingerprint density at radius 3 is 1.74 bits per heavy atom. The maximum atomic E-state index is 8.60. The van der Waals surface area contributed by atoms with Crippen LogP contribution >= 0.6 is 17.0 Å². The second kappa shape index (κ2) is 11.1. The van der Waals surface area contributed by atoms with Gasteiger partial charge in [0.15, 0.2) is 0 Å². The van der Waals surface area contributed by atoms with Crippen molar-refractivity contribution in [2.75, 3.05) is 0 Å². The van der Waals surface area contributed by atoms with Gasteiger partial charge in [-0.3, -0.25) is 0 Å². The molecule has 4 aromatic carbocycles. The SMILES string of the molecule is CC1=Cc2c(-c3ccc(C)cc3)ccc(C)c2[CH]1[Zr]([Cl])([Cl])([CH]1C(C(C)C)=Cc2c(-c3ccc(C)cc3)cccc21)[SiH](C)C. The third-order valence-electron chi connectivity index (χ3n) is 10.3. The summed E-state index contributed by atoms with van der Waals surface area (Å²) in [6, 6.07) is 29.3. The van der Waals surface area contributed by atoms with E-state index >= 15 is 0 Å². The van der Waals surface area contributed by atoms with E-state index in [2.05, 4.69) is 146 Å². The molecule has 2 aliphatic carbocycles. The summed E-state index contributed by atoms with van der Waals surface area (Å²) in [5, 5.41) is 0. The first-order valence-electron chi connectivity index (χ1n) is 15.7. The fraction of sp³-hybridized carbons (Fsp3) is 0.282. The fourth-order valence-electron chi connectivity index (χ4n) is 7.88. The van der Waals surface area contributed by atoms with Crippen LogP contribution < -0.4 is 0 Å². The molecule has 2 atom stereocenters. The average molecular weight is 702 g/mol. The minimum absolute atomic E-state index is 0.0953. The second-order valence-electron chi connectivity index (χ2n) is 13.7. The van der Waals surface area contributed by atoms with Crippen molar-refractivity contribution in [2.45, 2.75) is 61.9 Å². The van der Waals surface area contributed by atoms with Crippen LogP contribution in [0.15, 0.2) is 90.0 Å². The number of halogens is 2. The molecule has 0 radical (unpaired) electrons. The number of hydrogen-bond donors (Lipinski definition) is 0. The van der Waals surface area contributed by atoms with Crippen molar-refractivity contribution in [1.82, 2.24) is 0 Å². The molecule has 0 heterocycles. The van der Waals surface area contributed by atoms with Gasteiger partial charge in [0.1, 0.15) is 0 Å². The van der Waals surface area contributed by atoms with Crippen LogP contribution in [-0.2, 0) is 15.6 Å². The molecule has 0 saturated heterocycles. The molecule has 43 heavy (non-hydrogen) atoms. The van der Waals surface area contributed by atoms with Crippen molar-refractivity contribution < 1.29 is 15.6 Å². The summed E-state index contributed by atoms with van der Waals surface area (Å²) in [4.78, 5) is 0. The van der Waals surface area contributed by atoms with Crippen LogP contribution in [0.2, 0.25) is 13.1 Å². The second-order valence-corrected chi connectivity index (χ2v) is 56.2. The van der Waals surface area contributed by atoms with Crippen molar-refractivity contribution in [1.29, 1.82) is 0 Å². The molecule has 6 rings (SSSR count). The fourth-order valence-corrected chi connectivity index (χ4v) is 40.1. The number of fused-ring (bicyclic) bond motifs is 2. The summed E-state index contributed by atoms with van der Waals surface area (Å²) in [7, 11) is 17.2. The zero-order chi connectivity index (χ0) is 30.9. The van der Waals surface area contributed by atoms with Gasteiger partial charge < -0.3 is 0 Å². The zero-order valence-corrected chi connectivity index (χ0v) is 31.9. The van der Waals surface area contributed by atoms with Crippen LogP contribution in [0.25, 0.3) is 34.4 Å². The number of allylic oxidation sites excluding steroid dienone is 2. The first-order chi connectivity index (χ1) is 20.3. The van der Waals surface area contributed by atoms with Crippen LogP contribution in [0.1, 0.15) is 67.0 Å². The van der Waals surface area contributed by atoms with Gasteiger partial charge in [0, 0.05) is 0 Å². The van der Waals surface area contributed by atoms with Gasteiger partial charge in [-0.05, 0) is 0 Å². The van der Waals surface area contributed by atoms with Crippen molar-refractivity contribution >= 4 is 35.1 Å². The van der Waals surface area contributed by atoms with Gasteiger partial charge in [0.2, 0.25) is 0 Å². The number of hydrogen-bond acceptors (Lipinski definition) is 0. The third-order valence-corrected chi connectivity index (χ3v) is 62.2. The monoisotopic (exact) mass is 699 g/mol. The van der Waals surface area contributed by atoms with Crippen LogP contribution in [0.4, 0.5) is 0 Å². The summed E-state index contributed by atoms with van der Waals surface area (Å²) in [5.41, 5.74) is 17.1. The number of rotatable bonds is 6. The summed E-state index contributed by atoms with van der Waals surface area (Å²) in [6.07, 6.45) is 4.90. The Balaban J connectivity index is 1.60. The van der Waals surface area contributed by atoms with Crippen LogP contribution in [0.3, 0.4) is 0 Å². The quantitative estimate of drug-likeness (QED) is 0.176. The van der Waals surface area contributed by atoms with Gasteiger partial charge in [-0.1, -0.05) is 0 Å². The molecule has 0 fully saturated rings. The van der Waals surface area contributed by atoms with Crippen molar-refractivity contribution in [3.8, 4) is 22.3 Å². The van der Waals surface area contributed by atoms with E-state index < -0.39 is 21.5 Å². The molecule has 0 amide bonds. The van der Waals surface area contributed by atoms with E-state index in [9.17, 15) is 0 Å². The predicted molar refractivity (Wildman–Crippen MR) is 190 cm³/mol. The summed E-state index contributed by atoms with van der Waals surface area (Å²) in [5.74, 6) is -1.26. The molecule has 221 valence electrons. The van der Waals surface area contributed by atoms with Gasteiger partial charge >= 0.3 is 270 Å². The molecule has 0 nitrogen and oxygen atoms in total. The molecule has 4 heteroatoms. The van der Waals surface area contributed by atoms with E-state index in [0.29, 0.717) is 5.92 Å².